The van der Waals surface area contributed by atoms with E-state index in [2.05, 4.69) is 19.4 Å². The molecule has 0 aliphatic rings. The maximum atomic E-state index is 10.6. The first-order valence-corrected chi connectivity index (χ1v) is 23.4. The molecule has 0 aliphatic carbocycles. The zero-order valence-electron chi connectivity index (χ0n) is 38.1. The van der Waals surface area contributed by atoms with Crippen LogP contribution in [0.4, 0.5) is 0 Å². The molecule has 10 heteroatoms. The Balaban J connectivity index is 0. The number of aryl methyl sites for hydroxylation is 1. The number of allylic oxidation sites excluding steroid dienone is 1. The number of rotatable bonds is 36. The number of hydrogen-bond donors (Lipinski definition) is 6. The van der Waals surface area contributed by atoms with Crippen LogP contribution in [-0.4, -0.2) is 80.2 Å². The summed E-state index contributed by atoms with van der Waals surface area (Å²) in [5, 5.41) is 57.4. The summed E-state index contributed by atoms with van der Waals surface area (Å²) in [6, 6.07) is 4.81. The quantitative estimate of drug-likeness (QED) is 0.0165. The summed E-state index contributed by atoms with van der Waals surface area (Å²) in [7, 11) is 0. The van der Waals surface area contributed by atoms with E-state index in [1.807, 2.05) is 6.08 Å². The minimum absolute atomic E-state index is 0.0286. The molecule has 10 nitrogen and oxygen atoms in total. The van der Waals surface area contributed by atoms with Crippen LogP contribution in [0.2, 0.25) is 0 Å². The van der Waals surface area contributed by atoms with Crippen LogP contribution in [0.5, 0.6) is 11.5 Å². The van der Waals surface area contributed by atoms with E-state index < -0.39 is 36.4 Å². The highest BCUT2D eigenvalue weighted by Gasteiger charge is 2.14. The summed E-state index contributed by atoms with van der Waals surface area (Å²) in [4.78, 5) is 21.2. The van der Waals surface area contributed by atoms with Gasteiger partial charge in [0, 0.05) is 39.2 Å². The SMILES string of the molecule is C#CCCCCCCCCCCCC(O)CC(O)COC(C)=O.C=CCCCCCCCCCCCC(O)CC(O)COC(C)=O.CCCCCCc1ccc(O)cc1O. The molecular formula is C50H88O10. The molecule has 0 saturated heterocycles. The molecule has 4 unspecified atom stereocenters. The van der Waals surface area contributed by atoms with Crippen LogP contribution in [0.3, 0.4) is 0 Å². The number of phenolic OH excluding ortho intramolecular Hbond substituents is 2. The summed E-state index contributed by atoms with van der Waals surface area (Å²) in [6.07, 6.45) is 36.2. The van der Waals surface area contributed by atoms with Crippen molar-refractivity contribution in [3.63, 3.8) is 0 Å². The lowest BCUT2D eigenvalue weighted by atomic mass is 10.0. The minimum atomic E-state index is -0.775. The van der Waals surface area contributed by atoms with E-state index >= 15 is 0 Å². The van der Waals surface area contributed by atoms with Gasteiger partial charge in [0.25, 0.3) is 0 Å². The molecule has 1 aromatic rings. The Kier molecular flexibility index (Phi) is 43.2. The molecule has 0 aromatic heterocycles. The molecule has 6 N–H and O–H groups in total. The Morgan fingerprint density at radius 3 is 1.45 bits per heavy atom. The maximum absolute atomic E-state index is 10.6. The second-order valence-electron chi connectivity index (χ2n) is 16.3. The van der Waals surface area contributed by atoms with E-state index in [0.717, 1.165) is 63.4 Å². The molecule has 4 atom stereocenters. The van der Waals surface area contributed by atoms with Gasteiger partial charge in [-0.1, -0.05) is 141 Å². The summed E-state index contributed by atoms with van der Waals surface area (Å²) in [5.74, 6) is 2.19. The van der Waals surface area contributed by atoms with Gasteiger partial charge in [0.1, 0.15) is 24.7 Å². The van der Waals surface area contributed by atoms with Crippen LogP contribution < -0.4 is 0 Å². The van der Waals surface area contributed by atoms with Crippen LogP contribution in [0, 0.1) is 12.3 Å². The van der Waals surface area contributed by atoms with E-state index in [9.17, 15) is 35.1 Å². The summed E-state index contributed by atoms with van der Waals surface area (Å²) in [5.41, 5.74) is 0.930. The Hall–Kier alpha value is -3.10. The van der Waals surface area contributed by atoms with Crippen molar-refractivity contribution in [2.24, 2.45) is 0 Å². The second-order valence-corrected chi connectivity index (χ2v) is 16.3. The van der Waals surface area contributed by atoms with Gasteiger partial charge in [0.2, 0.25) is 0 Å². The van der Waals surface area contributed by atoms with E-state index in [-0.39, 0.29) is 37.6 Å². The van der Waals surface area contributed by atoms with Gasteiger partial charge in [-0.3, -0.25) is 9.59 Å². The number of hydrogen-bond acceptors (Lipinski definition) is 10. The molecule has 1 rings (SSSR count). The van der Waals surface area contributed by atoms with E-state index in [1.165, 1.54) is 123 Å². The topological polar surface area (TPSA) is 174 Å². The monoisotopic (exact) mass is 849 g/mol. The fourth-order valence-electron chi connectivity index (χ4n) is 6.68. The largest absolute Gasteiger partial charge is 0.508 e. The molecule has 60 heavy (non-hydrogen) atoms. The van der Waals surface area contributed by atoms with Crippen LogP contribution >= 0.6 is 0 Å². The van der Waals surface area contributed by atoms with Gasteiger partial charge in [0.05, 0.1) is 24.4 Å². The van der Waals surface area contributed by atoms with Gasteiger partial charge in [-0.05, 0) is 56.6 Å². The highest BCUT2D eigenvalue weighted by Crippen LogP contribution is 2.24. The zero-order chi connectivity index (χ0) is 45.1. The lowest BCUT2D eigenvalue weighted by Gasteiger charge is -2.15. The fraction of sp³-hybridized carbons (Fsp3) is 0.760. The van der Waals surface area contributed by atoms with Gasteiger partial charge >= 0.3 is 11.9 Å². The number of ether oxygens (including phenoxy) is 2. The number of carbonyl (C=O) groups is 2. The Bertz CT molecular complexity index is 1180. The van der Waals surface area contributed by atoms with Crippen molar-refractivity contribution >= 4 is 11.9 Å². The minimum Gasteiger partial charge on any atom is -0.508 e. The van der Waals surface area contributed by atoms with Crippen molar-refractivity contribution < 1.29 is 49.7 Å². The number of terminal acetylenes is 1. The molecule has 0 aliphatic heterocycles. The lowest BCUT2D eigenvalue weighted by molar-refractivity contribution is -0.145. The van der Waals surface area contributed by atoms with E-state index in [1.54, 1.807) is 12.1 Å². The molecule has 0 amide bonds. The normalized spacial score (nSPS) is 12.7. The Morgan fingerprint density at radius 1 is 0.633 bits per heavy atom. The Morgan fingerprint density at radius 2 is 1.05 bits per heavy atom. The van der Waals surface area contributed by atoms with Gasteiger partial charge in [-0.2, -0.15) is 0 Å². The fourth-order valence-corrected chi connectivity index (χ4v) is 6.68. The predicted octanol–water partition coefficient (Wildman–Crippen LogP) is 10.9. The van der Waals surface area contributed by atoms with Gasteiger partial charge in [-0.25, -0.2) is 0 Å². The van der Waals surface area contributed by atoms with Crippen molar-refractivity contribution in [3.8, 4) is 23.8 Å². The number of benzene rings is 1. The number of esters is 2. The third-order valence-corrected chi connectivity index (χ3v) is 10.2. The molecule has 0 spiro atoms. The molecule has 0 fully saturated rings. The van der Waals surface area contributed by atoms with Crippen LogP contribution in [-0.2, 0) is 25.5 Å². The number of aliphatic hydroxyl groups excluding tert-OH is 4. The maximum Gasteiger partial charge on any atom is 0.302 e. The van der Waals surface area contributed by atoms with Crippen molar-refractivity contribution in [3.05, 3.63) is 36.4 Å². The first-order chi connectivity index (χ1) is 28.9. The number of carbonyl (C=O) groups excluding carboxylic acids is 2. The van der Waals surface area contributed by atoms with Gasteiger partial charge in [-0.15, -0.1) is 18.9 Å². The average molecular weight is 849 g/mol. The van der Waals surface area contributed by atoms with Gasteiger partial charge < -0.3 is 40.1 Å². The summed E-state index contributed by atoms with van der Waals surface area (Å²) >= 11 is 0. The van der Waals surface area contributed by atoms with Crippen LogP contribution in [0.15, 0.2) is 30.9 Å². The number of phenols is 2. The number of aromatic hydroxyl groups is 2. The van der Waals surface area contributed by atoms with Crippen LogP contribution in [0.25, 0.3) is 0 Å². The second kappa shape index (κ2) is 44.0. The highest BCUT2D eigenvalue weighted by molar-refractivity contribution is 5.66. The molecule has 1 aromatic carbocycles. The Labute approximate surface area is 365 Å². The molecule has 0 radical (unpaired) electrons. The summed E-state index contributed by atoms with van der Waals surface area (Å²) in [6.45, 7) is 8.46. The molecule has 0 bridgehead atoms. The van der Waals surface area contributed by atoms with Crippen molar-refractivity contribution in [1.82, 2.24) is 0 Å². The third-order valence-electron chi connectivity index (χ3n) is 10.2. The van der Waals surface area contributed by atoms with Crippen LogP contribution in [0.1, 0.15) is 206 Å². The standard InChI is InChI=1S/C19H36O4.C19H34O4.C12H18O2/c2*1-3-4-5-6-7-8-9-10-11-12-13-14-18(21)15-19(22)16-23-17(2)20;1-2-3-4-5-6-10-7-8-11(13)9-12(10)14/h3,18-19,21-22H,1,4-16H2,2H3;1,18-19,21-22H,4-16H2,2H3;7-9,13-14H,2-6H2,1H3. The smallest absolute Gasteiger partial charge is 0.302 e. The zero-order valence-corrected chi connectivity index (χ0v) is 38.1. The lowest BCUT2D eigenvalue weighted by Crippen LogP contribution is -2.23. The molecule has 0 saturated carbocycles. The van der Waals surface area contributed by atoms with Crippen molar-refractivity contribution in [1.29, 1.82) is 0 Å². The molecule has 348 valence electrons. The average Bonchev–Trinajstić information content (AvgIpc) is 3.20. The van der Waals surface area contributed by atoms with Crippen molar-refractivity contribution in [2.75, 3.05) is 13.2 Å². The van der Waals surface area contributed by atoms with E-state index in [0.29, 0.717) is 12.8 Å². The van der Waals surface area contributed by atoms with E-state index in [4.69, 9.17) is 21.0 Å². The molecular weight excluding hydrogens is 761 g/mol. The first kappa shape index (κ1) is 59.0. The van der Waals surface area contributed by atoms with Gasteiger partial charge in [0.15, 0.2) is 0 Å². The number of unbranched alkanes of at least 4 members (excludes halogenated alkanes) is 21. The number of aliphatic hydroxyl groups is 4. The molecule has 0 heterocycles. The highest BCUT2D eigenvalue weighted by atomic mass is 16.5. The first-order valence-electron chi connectivity index (χ1n) is 23.4. The summed E-state index contributed by atoms with van der Waals surface area (Å²) < 4.78 is 9.42. The van der Waals surface area contributed by atoms with Crippen molar-refractivity contribution in [2.45, 2.75) is 231 Å². The predicted molar refractivity (Wildman–Crippen MR) is 245 cm³/mol. The third kappa shape index (κ3) is 44.5.